The largest absolute Gasteiger partial charge is 0.268 e. The van der Waals surface area contributed by atoms with Gasteiger partial charge >= 0.3 is 0 Å². The van der Waals surface area contributed by atoms with Gasteiger partial charge in [0.05, 0.1) is 11.1 Å². The SMILES string of the molecule is CSc1nc2sc3c(c2c(=O)n1-c1cccc(C)c1)CCc1ccccc1-3. The minimum atomic E-state index is 0.0480. The van der Waals surface area contributed by atoms with Gasteiger partial charge in [0.1, 0.15) is 4.83 Å². The average molecular weight is 391 g/mol. The van der Waals surface area contributed by atoms with Crippen LogP contribution in [0.2, 0.25) is 0 Å². The minimum Gasteiger partial charge on any atom is -0.268 e. The first-order valence-electron chi connectivity index (χ1n) is 8.95. The lowest BCUT2D eigenvalue weighted by molar-refractivity contribution is 0.821. The van der Waals surface area contributed by atoms with E-state index < -0.39 is 0 Å². The van der Waals surface area contributed by atoms with Crippen molar-refractivity contribution < 1.29 is 0 Å². The lowest BCUT2D eigenvalue weighted by atomic mass is 9.90. The molecule has 0 fully saturated rings. The Hall–Kier alpha value is -2.37. The van der Waals surface area contributed by atoms with Gasteiger partial charge in [-0.05, 0) is 60.4 Å². The summed E-state index contributed by atoms with van der Waals surface area (Å²) in [5.41, 5.74) is 5.85. The van der Waals surface area contributed by atoms with Crippen molar-refractivity contribution in [3.8, 4) is 16.1 Å². The van der Waals surface area contributed by atoms with E-state index in [4.69, 9.17) is 4.98 Å². The predicted molar refractivity (Wildman–Crippen MR) is 115 cm³/mol. The molecule has 0 saturated carbocycles. The number of benzene rings is 2. The molecule has 4 aromatic rings. The van der Waals surface area contributed by atoms with E-state index in [1.165, 1.54) is 33.3 Å². The van der Waals surface area contributed by atoms with Gasteiger partial charge in [-0.15, -0.1) is 11.3 Å². The van der Waals surface area contributed by atoms with E-state index in [2.05, 4.69) is 24.3 Å². The van der Waals surface area contributed by atoms with E-state index in [-0.39, 0.29) is 5.56 Å². The van der Waals surface area contributed by atoms with Crippen molar-refractivity contribution in [3.05, 3.63) is 75.6 Å². The summed E-state index contributed by atoms with van der Waals surface area (Å²) in [5, 5.41) is 1.54. The highest BCUT2D eigenvalue weighted by Crippen LogP contribution is 2.42. The van der Waals surface area contributed by atoms with Gasteiger partial charge in [0, 0.05) is 4.88 Å². The zero-order valence-corrected chi connectivity index (χ0v) is 16.8. The van der Waals surface area contributed by atoms with Crippen molar-refractivity contribution in [1.29, 1.82) is 0 Å². The summed E-state index contributed by atoms with van der Waals surface area (Å²) in [5.74, 6) is 0. The lowest BCUT2D eigenvalue weighted by Gasteiger charge is -2.16. The molecule has 5 rings (SSSR count). The third-order valence-electron chi connectivity index (χ3n) is 5.14. The molecule has 1 aliphatic carbocycles. The fourth-order valence-electron chi connectivity index (χ4n) is 3.89. The molecule has 0 bridgehead atoms. The van der Waals surface area contributed by atoms with Crippen LogP contribution in [0.25, 0.3) is 26.3 Å². The van der Waals surface area contributed by atoms with Crippen LogP contribution < -0.4 is 5.56 Å². The molecule has 3 nitrogen and oxygen atoms in total. The molecule has 0 atom stereocenters. The zero-order valence-electron chi connectivity index (χ0n) is 15.2. The first-order valence-corrected chi connectivity index (χ1v) is 11.0. The highest BCUT2D eigenvalue weighted by molar-refractivity contribution is 7.98. The molecular formula is C22H18N2OS2. The molecule has 0 spiro atoms. The molecular weight excluding hydrogens is 372 g/mol. The Labute approximate surface area is 165 Å². The average Bonchev–Trinajstić information content (AvgIpc) is 3.07. The fraction of sp³-hybridized carbons (Fsp3) is 0.182. The number of aromatic nitrogens is 2. The van der Waals surface area contributed by atoms with Crippen molar-refractivity contribution >= 4 is 33.3 Å². The van der Waals surface area contributed by atoms with Crippen molar-refractivity contribution in [2.75, 3.05) is 6.26 Å². The lowest BCUT2D eigenvalue weighted by Crippen LogP contribution is -2.22. The van der Waals surface area contributed by atoms with E-state index in [9.17, 15) is 4.79 Å². The predicted octanol–water partition coefficient (Wildman–Crippen LogP) is 5.24. The van der Waals surface area contributed by atoms with Crippen molar-refractivity contribution in [3.63, 3.8) is 0 Å². The van der Waals surface area contributed by atoms with Crippen LogP contribution in [0.15, 0.2) is 58.5 Å². The van der Waals surface area contributed by atoms with Crippen LogP contribution in [0.4, 0.5) is 0 Å². The Bertz CT molecular complexity index is 1250. The maximum Gasteiger partial charge on any atom is 0.267 e. The summed E-state index contributed by atoms with van der Waals surface area (Å²) in [4.78, 5) is 20.5. The number of fused-ring (bicyclic) bond motifs is 5. The first kappa shape index (κ1) is 16.8. The molecule has 0 saturated heterocycles. The smallest absolute Gasteiger partial charge is 0.267 e. The van der Waals surface area contributed by atoms with Gasteiger partial charge in [-0.1, -0.05) is 48.2 Å². The molecule has 2 aromatic heterocycles. The Morgan fingerprint density at radius 1 is 1.11 bits per heavy atom. The molecule has 1 aliphatic rings. The third kappa shape index (κ3) is 2.57. The molecule has 0 radical (unpaired) electrons. The molecule has 2 heterocycles. The van der Waals surface area contributed by atoms with Crippen LogP contribution in [0.1, 0.15) is 16.7 Å². The summed E-state index contributed by atoms with van der Waals surface area (Å²) >= 11 is 3.17. The van der Waals surface area contributed by atoms with E-state index in [1.54, 1.807) is 15.9 Å². The minimum absolute atomic E-state index is 0.0480. The zero-order chi connectivity index (χ0) is 18.5. The first-order chi connectivity index (χ1) is 13.2. The summed E-state index contributed by atoms with van der Waals surface area (Å²) < 4.78 is 1.77. The van der Waals surface area contributed by atoms with Gasteiger partial charge in [0.15, 0.2) is 5.16 Å². The van der Waals surface area contributed by atoms with Gasteiger partial charge in [0.25, 0.3) is 5.56 Å². The van der Waals surface area contributed by atoms with Crippen molar-refractivity contribution in [2.45, 2.75) is 24.9 Å². The Balaban J connectivity index is 1.85. The molecule has 0 N–H and O–H groups in total. The van der Waals surface area contributed by atoms with E-state index in [0.717, 1.165) is 39.5 Å². The molecule has 27 heavy (non-hydrogen) atoms. The number of hydrogen-bond acceptors (Lipinski definition) is 4. The molecule has 134 valence electrons. The number of aryl methyl sites for hydroxylation is 3. The second kappa shape index (κ2) is 6.36. The standard InChI is InChI=1S/C22H18N2OS2/c1-13-6-5-8-15(12-13)24-21(25)18-17-11-10-14-7-3-4-9-16(14)19(17)27-20(18)23-22(24)26-2/h3-9,12H,10-11H2,1-2H3. The van der Waals surface area contributed by atoms with Crippen LogP contribution in [0, 0.1) is 6.92 Å². The van der Waals surface area contributed by atoms with Gasteiger partial charge in [-0.2, -0.15) is 0 Å². The fourth-order valence-corrected chi connectivity index (χ4v) is 5.78. The molecule has 0 aliphatic heterocycles. The normalized spacial score (nSPS) is 12.8. The van der Waals surface area contributed by atoms with Crippen molar-refractivity contribution in [2.24, 2.45) is 0 Å². The van der Waals surface area contributed by atoms with E-state index in [0.29, 0.717) is 0 Å². The molecule has 5 heteroatoms. The number of rotatable bonds is 2. The Kier molecular flexibility index (Phi) is 3.95. The Morgan fingerprint density at radius 2 is 1.96 bits per heavy atom. The second-order valence-corrected chi connectivity index (χ2v) is 8.60. The topological polar surface area (TPSA) is 34.9 Å². The maximum atomic E-state index is 13.6. The number of thioether (sulfide) groups is 1. The number of hydrogen-bond donors (Lipinski definition) is 0. The molecule has 0 unspecified atom stereocenters. The molecule has 2 aromatic carbocycles. The van der Waals surface area contributed by atoms with Crippen LogP contribution in [-0.2, 0) is 12.8 Å². The second-order valence-electron chi connectivity index (χ2n) is 6.83. The maximum absolute atomic E-state index is 13.6. The van der Waals surface area contributed by atoms with Crippen LogP contribution in [0.5, 0.6) is 0 Å². The van der Waals surface area contributed by atoms with Gasteiger partial charge < -0.3 is 0 Å². The quantitative estimate of drug-likeness (QED) is 0.347. The highest BCUT2D eigenvalue weighted by Gasteiger charge is 2.25. The summed E-state index contributed by atoms with van der Waals surface area (Å²) in [6, 6.07) is 16.6. The van der Waals surface area contributed by atoms with Crippen LogP contribution in [0.3, 0.4) is 0 Å². The molecule has 0 amide bonds. The van der Waals surface area contributed by atoms with E-state index >= 15 is 0 Å². The highest BCUT2D eigenvalue weighted by atomic mass is 32.2. The third-order valence-corrected chi connectivity index (χ3v) is 6.94. The van der Waals surface area contributed by atoms with Crippen LogP contribution >= 0.6 is 23.1 Å². The van der Waals surface area contributed by atoms with Crippen molar-refractivity contribution in [1.82, 2.24) is 9.55 Å². The Morgan fingerprint density at radius 3 is 2.78 bits per heavy atom. The summed E-state index contributed by atoms with van der Waals surface area (Å²) in [6.07, 6.45) is 3.85. The van der Waals surface area contributed by atoms with Gasteiger partial charge in [-0.3, -0.25) is 9.36 Å². The number of nitrogens with zero attached hydrogens (tertiary/aromatic N) is 2. The van der Waals surface area contributed by atoms with E-state index in [1.807, 2.05) is 37.4 Å². The summed E-state index contributed by atoms with van der Waals surface area (Å²) in [7, 11) is 0. The van der Waals surface area contributed by atoms with Gasteiger partial charge in [0.2, 0.25) is 0 Å². The number of thiophene rings is 1. The van der Waals surface area contributed by atoms with Gasteiger partial charge in [-0.25, -0.2) is 4.98 Å². The summed E-state index contributed by atoms with van der Waals surface area (Å²) in [6.45, 7) is 2.04. The van der Waals surface area contributed by atoms with Crippen LogP contribution in [-0.4, -0.2) is 15.8 Å². The monoisotopic (exact) mass is 390 g/mol.